The zero-order valence-corrected chi connectivity index (χ0v) is 37.9. The molecule has 11 nitrogen and oxygen atoms in total. The molecule has 0 spiro atoms. The largest absolute Gasteiger partial charge is 2.00 e. The normalized spacial score (nSPS) is 12.4. The van der Waals surface area contributed by atoms with Crippen LogP contribution in [0.4, 0.5) is 50.4 Å². The Morgan fingerprint density at radius 3 is 0.910 bits per heavy atom. The van der Waals surface area contributed by atoms with Gasteiger partial charge in [0, 0.05) is 60.7 Å². The molecule has 8 heterocycles. The Bertz CT molecular complexity index is 2500. The second-order valence-electron chi connectivity index (χ2n) is 12.7. The van der Waals surface area contributed by atoms with E-state index in [1.165, 1.54) is 20.2 Å². The fourth-order valence-electron chi connectivity index (χ4n) is 4.44. The van der Waals surface area contributed by atoms with Crippen LogP contribution in [0.2, 0.25) is 0 Å². The third kappa shape index (κ3) is 28.8. The van der Waals surface area contributed by atoms with Gasteiger partial charge in [0.15, 0.2) is 0 Å². The number of carbonyl (C=O) groups excluding carboxylic acids is 1. The molecule has 0 N–H and O–H groups in total. The number of ketones is 1. The maximum atomic E-state index is 9.87. The van der Waals surface area contributed by atoms with Crippen LogP contribution in [0.1, 0.15) is 13.8 Å². The van der Waals surface area contributed by atoms with Crippen molar-refractivity contribution in [2.45, 2.75) is 13.8 Å². The van der Waals surface area contributed by atoms with E-state index in [0.717, 1.165) is 45.3 Å². The molecule has 0 amide bonds. The molecule has 0 saturated heterocycles. The second-order valence-corrected chi connectivity index (χ2v) is 16.6. The van der Waals surface area contributed by atoms with Crippen molar-refractivity contribution >= 4 is 21.4 Å². The van der Waals surface area contributed by atoms with E-state index in [1.54, 1.807) is 49.6 Å². The first-order valence-corrected chi connectivity index (χ1v) is 22.2. The molecule has 8 aromatic heterocycles. The minimum atomic E-state index is -10.7. The molecule has 356 valence electrons. The van der Waals surface area contributed by atoms with E-state index in [-0.39, 0.29) is 25.3 Å². The smallest absolute Gasteiger partial charge is 0.255 e. The Hall–Kier alpha value is -6.63. The average Bonchev–Trinajstić information content (AvgIpc) is 3.26. The summed E-state index contributed by atoms with van der Waals surface area (Å²) in [4.78, 5) is 43.1. The molecule has 0 saturated carbocycles. The van der Waals surface area contributed by atoms with Crippen LogP contribution in [0.3, 0.4) is 0 Å². The van der Waals surface area contributed by atoms with Gasteiger partial charge in [-0.05, 0) is 92.7 Å². The van der Waals surface area contributed by atoms with Crippen LogP contribution in [0.15, 0.2) is 171 Å². The minimum absolute atomic E-state index is 0. The van der Waals surface area contributed by atoms with Crippen molar-refractivity contribution in [1.29, 1.82) is 0 Å². The summed E-state index contributed by atoms with van der Waals surface area (Å²) in [6, 6.07) is 36.5. The first-order valence-electron chi connectivity index (χ1n) is 18.2. The van der Waals surface area contributed by atoms with Crippen molar-refractivity contribution in [3.05, 3.63) is 171 Å². The molecule has 0 radical (unpaired) electrons. The van der Waals surface area contributed by atoms with E-state index >= 15 is 0 Å². The summed E-state index contributed by atoms with van der Waals surface area (Å²) < 4.78 is 118. The van der Waals surface area contributed by atoms with Gasteiger partial charge in [-0.1, -0.05) is 36.4 Å². The molecule has 26 heteroatoms. The molecule has 0 aliphatic carbocycles. The van der Waals surface area contributed by atoms with Crippen LogP contribution in [-0.2, 0) is 24.3 Å². The van der Waals surface area contributed by atoms with Gasteiger partial charge in [-0.3, -0.25) is 29.9 Å². The average molecular weight is 1070 g/mol. The summed E-state index contributed by atoms with van der Waals surface area (Å²) in [5.41, 5.74) is 8.26. The molecule has 0 atom stereocenters. The Balaban J connectivity index is 0.000000306. The zero-order chi connectivity index (χ0) is 49.0. The topological polar surface area (TPSA) is 146 Å². The van der Waals surface area contributed by atoms with E-state index < -0.39 is 15.6 Å². The monoisotopic (exact) mass is 1070 g/mol. The van der Waals surface area contributed by atoms with E-state index in [1.807, 2.05) is 115 Å². The van der Waals surface area contributed by atoms with Gasteiger partial charge in [0.1, 0.15) is 23.5 Å². The van der Waals surface area contributed by atoms with Crippen molar-refractivity contribution in [1.82, 2.24) is 50.1 Å². The second kappa shape index (κ2) is 22.7. The van der Waals surface area contributed by atoms with Crippen LogP contribution in [0, 0.1) is 0 Å². The van der Waals surface area contributed by atoms with Crippen LogP contribution >= 0.6 is 15.6 Å². The third-order valence-electron chi connectivity index (χ3n) is 6.68. The molecule has 0 aliphatic rings. The van der Waals surface area contributed by atoms with Crippen molar-refractivity contribution < 1.29 is 74.6 Å². The summed E-state index contributed by atoms with van der Waals surface area (Å²) >= 11 is 0. The van der Waals surface area contributed by atoms with Crippen molar-refractivity contribution in [3.63, 3.8) is 0 Å². The van der Waals surface area contributed by atoms with Gasteiger partial charge in [0.25, 0.3) is 0 Å². The molecule has 8 rings (SSSR count). The summed E-state index contributed by atoms with van der Waals surface area (Å²) in [5.74, 6) is 0.167. The Morgan fingerprint density at radius 2 is 0.657 bits per heavy atom. The number of hydrogen-bond donors (Lipinski definition) is 0. The number of nitrogens with zero attached hydrogens (tertiary/aromatic N) is 10. The molecule has 0 aromatic carbocycles. The molecular formula is C41H34F12N10OP2Ru. The van der Waals surface area contributed by atoms with E-state index in [0.29, 0.717) is 11.4 Å². The van der Waals surface area contributed by atoms with Crippen LogP contribution < -0.4 is 0 Å². The minimum Gasteiger partial charge on any atom is -0.255 e. The van der Waals surface area contributed by atoms with Crippen molar-refractivity contribution in [3.8, 4) is 56.7 Å². The SMILES string of the molecule is CC(C)=O.F[P-](F)(F)(F)(F)F.F[P-](F)(F)(F)(F)F.[Ru+2].c1ccc(-c2cc(-c3cncnc3)c(-c3ccccn3)nn2)nc1.c1ccc(-c2ccccn2)nc1.c1ccc(-c2ccccn2)nc1. The molecule has 67 heavy (non-hydrogen) atoms. The Kier molecular flexibility index (Phi) is 19.2. The number of pyridine rings is 6. The number of aromatic nitrogens is 10. The summed E-state index contributed by atoms with van der Waals surface area (Å²) in [5, 5.41) is 8.71. The number of halogens is 12. The van der Waals surface area contributed by atoms with Gasteiger partial charge in [-0.2, -0.15) is 0 Å². The predicted molar refractivity (Wildman–Crippen MR) is 228 cm³/mol. The molecule has 0 unspecified atom stereocenters. The van der Waals surface area contributed by atoms with Crippen molar-refractivity contribution in [2.75, 3.05) is 0 Å². The number of Topliss-reactive ketones (excluding diaryl/α,β-unsaturated/α-hetero) is 1. The maximum absolute atomic E-state index is 10.7. The zero-order valence-electron chi connectivity index (χ0n) is 34.3. The van der Waals surface area contributed by atoms with Crippen molar-refractivity contribution in [2.24, 2.45) is 0 Å². The van der Waals surface area contributed by atoms with Crippen LogP contribution in [0.25, 0.3) is 56.7 Å². The molecule has 0 fully saturated rings. The third-order valence-corrected chi connectivity index (χ3v) is 6.68. The summed E-state index contributed by atoms with van der Waals surface area (Å²) in [6.07, 6.45) is 15.5. The van der Waals surface area contributed by atoms with Gasteiger partial charge in [-0.15, -0.1) is 10.2 Å². The van der Waals surface area contributed by atoms with Gasteiger partial charge in [0.05, 0.1) is 34.2 Å². The molecule has 8 aromatic rings. The van der Waals surface area contributed by atoms with E-state index in [2.05, 4.69) is 50.1 Å². The van der Waals surface area contributed by atoms with Gasteiger partial charge >= 0.3 is 85.5 Å². The number of carbonyl (C=O) groups is 1. The quantitative estimate of drug-likeness (QED) is 0.0922. The predicted octanol–water partition coefficient (Wildman–Crippen LogP) is 14.7. The molecular weight excluding hydrogens is 1040 g/mol. The Labute approximate surface area is 386 Å². The van der Waals surface area contributed by atoms with E-state index in [4.69, 9.17) is 0 Å². The maximum Gasteiger partial charge on any atom is 2.00 e. The van der Waals surface area contributed by atoms with Gasteiger partial charge in [0.2, 0.25) is 0 Å². The summed E-state index contributed by atoms with van der Waals surface area (Å²) in [6.45, 7) is 3.06. The number of hydrogen-bond acceptors (Lipinski definition) is 11. The van der Waals surface area contributed by atoms with Crippen LogP contribution in [0.5, 0.6) is 0 Å². The first kappa shape index (κ1) is 56.5. The standard InChI is InChI=1S/C18H12N6.2C10H8N2.C3H6O.2F6P.Ru/c1-3-7-21-15(5-1)17-9-14(13-10-19-12-20-11-13)18(24-23-17)16-6-2-4-8-22-16;2*1-3-7-11-9(5-1)10-6-2-4-8-12-10;1-3(2)4;2*1-7(2,3,4,5)6;/h1-12H;2*1-8H;1-2H3;;;/q;;;;2*-1;+2. The first-order chi connectivity index (χ1) is 30.5. The Morgan fingerprint density at radius 1 is 0.403 bits per heavy atom. The van der Waals surface area contributed by atoms with Crippen LogP contribution in [-0.4, -0.2) is 55.9 Å². The molecule has 0 bridgehead atoms. The molecule has 0 aliphatic heterocycles. The van der Waals surface area contributed by atoms with Gasteiger partial charge < -0.3 is 4.79 Å². The van der Waals surface area contributed by atoms with E-state index in [9.17, 15) is 55.2 Å². The van der Waals surface area contributed by atoms with Gasteiger partial charge in [-0.25, -0.2) is 9.97 Å². The summed E-state index contributed by atoms with van der Waals surface area (Å²) in [7, 11) is -21.3. The fourth-order valence-corrected chi connectivity index (χ4v) is 4.44. The number of rotatable bonds is 5. The fraction of sp³-hybridized carbons (Fsp3) is 0.0488.